The standard InChI is InChI=1S/C14H19N3O3/c1-18-10-12(19-2)8-15-9-13-16-17-14(20-13)11-6-4-3-5-7-11/h3-7,12,15H,8-10H2,1-2H3. The van der Waals surface area contributed by atoms with Gasteiger partial charge in [-0.2, -0.15) is 0 Å². The molecule has 6 nitrogen and oxygen atoms in total. The van der Waals surface area contributed by atoms with Gasteiger partial charge in [0.1, 0.15) is 0 Å². The molecule has 2 aromatic rings. The highest BCUT2D eigenvalue weighted by atomic mass is 16.5. The summed E-state index contributed by atoms with van der Waals surface area (Å²) in [5.41, 5.74) is 0.917. The van der Waals surface area contributed by atoms with Crippen LogP contribution in [0.4, 0.5) is 0 Å². The number of benzene rings is 1. The average Bonchev–Trinajstić information content (AvgIpc) is 2.96. The zero-order valence-electron chi connectivity index (χ0n) is 11.7. The molecule has 0 radical (unpaired) electrons. The molecule has 2 rings (SSSR count). The summed E-state index contributed by atoms with van der Waals surface area (Å²) in [6.07, 6.45) is 0.0107. The summed E-state index contributed by atoms with van der Waals surface area (Å²) in [5.74, 6) is 1.08. The van der Waals surface area contributed by atoms with Crippen molar-refractivity contribution in [2.75, 3.05) is 27.4 Å². The Morgan fingerprint density at radius 1 is 1.20 bits per heavy atom. The number of aromatic nitrogens is 2. The second kappa shape index (κ2) is 7.74. The van der Waals surface area contributed by atoms with Crippen LogP contribution in [0.5, 0.6) is 0 Å². The zero-order valence-corrected chi connectivity index (χ0v) is 11.7. The van der Waals surface area contributed by atoms with Crippen molar-refractivity contribution >= 4 is 0 Å². The van der Waals surface area contributed by atoms with E-state index in [0.717, 1.165) is 5.56 Å². The van der Waals surface area contributed by atoms with E-state index in [2.05, 4.69) is 15.5 Å². The van der Waals surface area contributed by atoms with Crippen LogP contribution in [0.15, 0.2) is 34.7 Å². The van der Waals surface area contributed by atoms with Crippen molar-refractivity contribution in [3.63, 3.8) is 0 Å². The highest BCUT2D eigenvalue weighted by molar-refractivity contribution is 5.51. The van der Waals surface area contributed by atoms with Crippen molar-refractivity contribution in [1.29, 1.82) is 0 Å². The fourth-order valence-electron chi connectivity index (χ4n) is 1.76. The highest BCUT2D eigenvalue weighted by Crippen LogP contribution is 2.16. The SMILES string of the molecule is COCC(CNCc1nnc(-c2ccccc2)o1)OC. The van der Waals surface area contributed by atoms with Crippen LogP contribution in [0.2, 0.25) is 0 Å². The molecule has 0 saturated carbocycles. The molecule has 1 N–H and O–H groups in total. The first kappa shape index (κ1) is 14.6. The van der Waals surface area contributed by atoms with Gasteiger partial charge in [-0.3, -0.25) is 0 Å². The molecule has 6 heteroatoms. The molecule has 1 heterocycles. The van der Waals surface area contributed by atoms with Crippen LogP contribution in [0.25, 0.3) is 11.5 Å². The number of ether oxygens (including phenoxy) is 2. The Labute approximate surface area is 118 Å². The van der Waals surface area contributed by atoms with Gasteiger partial charge >= 0.3 is 0 Å². The highest BCUT2D eigenvalue weighted by Gasteiger charge is 2.10. The van der Waals surface area contributed by atoms with Gasteiger partial charge < -0.3 is 19.2 Å². The molecular formula is C14H19N3O3. The van der Waals surface area contributed by atoms with E-state index in [1.54, 1.807) is 14.2 Å². The minimum Gasteiger partial charge on any atom is -0.419 e. The molecule has 1 aromatic carbocycles. The van der Waals surface area contributed by atoms with Gasteiger partial charge in [-0.1, -0.05) is 18.2 Å². The van der Waals surface area contributed by atoms with E-state index < -0.39 is 0 Å². The Morgan fingerprint density at radius 2 is 2.00 bits per heavy atom. The zero-order chi connectivity index (χ0) is 14.2. The third-order valence-corrected chi connectivity index (χ3v) is 2.82. The number of rotatable bonds is 8. The van der Waals surface area contributed by atoms with E-state index in [1.165, 1.54) is 0 Å². The van der Waals surface area contributed by atoms with Crippen molar-refractivity contribution in [3.8, 4) is 11.5 Å². The molecule has 0 aliphatic carbocycles. The molecule has 1 aromatic heterocycles. The fraction of sp³-hybridized carbons (Fsp3) is 0.429. The molecule has 20 heavy (non-hydrogen) atoms. The second-order valence-electron chi connectivity index (χ2n) is 4.31. The van der Waals surface area contributed by atoms with Crippen LogP contribution in [0, 0.1) is 0 Å². The van der Waals surface area contributed by atoms with Crippen molar-refractivity contribution in [2.45, 2.75) is 12.6 Å². The number of methoxy groups -OCH3 is 2. The van der Waals surface area contributed by atoms with Gasteiger partial charge in [-0.25, -0.2) is 0 Å². The maximum atomic E-state index is 5.59. The van der Waals surface area contributed by atoms with Crippen molar-refractivity contribution in [1.82, 2.24) is 15.5 Å². The van der Waals surface area contributed by atoms with Crippen LogP contribution in [-0.2, 0) is 16.0 Å². The molecule has 0 spiro atoms. The van der Waals surface area contributed by atoms with E-state index >= 15 is 0 Å². The first-order valence-electron chi connectivity index (χ1n) is 6.43. The number of nitrogens with one attached hydrogen (secondary N) is 1. The number of nitrogens with zero attached hydrogens (tertiary/aromatic N) is 2. The summed E-state index contributed by atoms with van der Waals surface area (Å²) in [4.78, 5) is 0. The van der Waals surface area contributed by atoms with E-state index in [0.29, 0.717) is 31.5 Å². The lowest BCUT2D eigenvalue weighted by molar-refractivity contribution is 0.0285. The Kier molecular flexibility index (Phi) is 5.67. The third kappa shape index (κ3) is 4.12. The van der Waals surface area contributed by atoms with Crippen molar-refractivity contribution in [2.24, 2.45) is 0 Å². The summed E-state index contributed by atoms with van der Waals surface area (Å²) in [6.45, 7) is 1.71. The van der Waals surface area contributed by atoms with E-state index in [1.807, 2.05) is 30.3 Å². The fourth-order valence-corrected chi connectivity index (χ4v) is 1.76. The maximum Gasteiger partial charge on any atom is 0.247 e. The molecule has 0 bridgehead atoms. The Morgan fingerprint density at radius 3 is 2.70 bits per heavy atom. The first-order chi connectivity index (χ1) is 9.83. The molecular weight excluding hydrogens is 258 g/mol. The van der Waals surface area contributed by atoms with Crippen molar-refractivity contribution < 1.29 is 13.9 Å². The van der Waals surface area contributed by atoms with E-state index in [-0.39, 0.29) is 6.10 Å². The largest absolute Gasteiger partial charge is 0.419 e. The van der Waals surface area contributed by atoms with Crippen LogP contribution in [-0.4, -0.2) is 43.7 Å². The lowest BCUT2D eigenvalue weighted by Crippen LogP contribution is -2.31. The predicted molar refractivity (Wildman–Crippen MR) is 74.1 cm³/mol. The van der Waals surface area contributed by atoms with E-state index in [4.69, 9.17) is 13.9 Å². The summed E-state index contributed by atoms with van der Waals surface area (Å²) >= 11 is 0. The number of hydrogen-bond donors (Lipinski definition) is 1. The summed E-state index contributed by atoms with van der Waals surface area (Å²) in [7, 11) is 3.31. The second-order valence-corrected chi connectivity index (χ2v) is 4.31. The van der Waals surface area contributed by atoms with Crippen LogP contribution < -0.4 is 5.32 Å². The van der Waals surface area contributed by atoms with Gasteiger partial charge in [-0.15, -0.1) is 10.2 Å². The quantitative estimate of drug-likeness (QED) is 0.788. The van der Waals surface area contributed by atoms with Gasteiger partial charge in [0.25, 0.3) is 0 Å². The first-order valence-corrected chi connectivity index (χ1v) is 6.43. The molecule has 0 amide bonds. The molecule has 0 fully saturated rings. The topological polar surface area (TPSA) is 69.4 Å². The molecule has 0 aliphatic rings. The van der Waals surface area contributed by atoms with Gasteiger partial charge in [0.2, 0.25) is 11.8 Å². The molecule has 0 saturated heterocycles. The van der Waals surface area contributed by atoms with Gasteiger partial charge in [-0.05, 0) is 12.1 Å². The average molecular weight is 277 g/mol. The van der Waals surface area contributed by atoms with E-state index in [9.17, 15) is 0 Å². The maximum absolute atomic E-state index is 5.59. The summed E-state index contributed by atoms with van der Waals surface area (Å²) < 4.78 is 15.9. The molecule has 1 atom stereocenters. The monoisotopic (exact) mass is 277 g/mol. The smallest absolute Gasteiger partial charge is 0.247 e. The van der Waals surface area contributed by atoms with Gasteiger partial charge in [0, 0.05) is 26.3 Å². The van der Waals surface area contributed by atoms with Crippen LogP contribution in [0.3, 0.4) is 0 Å². The molecule has 108 valence electrons. The molecule has 0 aliphatic heterocycles. The number of hydrogen-bond acceptors (Lipinski definition) is 6. The summed E-state index contributed by atoms with van der Waals surface area (Å²) in [5, 5.41) is 11.2. The lowest BCUT2D eigenvalue weighted by atomic mass is 10.2. The Balaban J connectivity index is 1.84. The minimum atomic E-state index is 0.0107. The lowest BCUT2D eigenvalue weighted by Gasteiger charge is -2.13. The van der Waals surface area contributed by atoms with Crippen molar-refractivity contribution in [3.05, 3.63) is 36.2 Å². The predicted octanol–water partition coefficient (Wildman–Crippen LogP) is 1.49. The molecule has 1 unspecified atom stereocenters. The Hall–Kier alpha value is -1.76. The van der Waals surface area contributed by atoms with Gasteiger partial charge in [0.05, 0.1) is 19.3 Å². The third-order valence-electron chi connectivity index (χ3n) is 2.82. The summed E-state index contributed by atoms with van der Waals surface area (Å²) in [6, 6.07) is 9.69. The normalized spacial score (nSPS) is 12.5. The van der Waals surface area contributed by atoms with Gasteiger partial charge in [0.15, 0.2) is 0 Å². The van der Waals surface area contributed by atoms with Crippen LogP contribution in [0.1, 0.15) is 5.89 Å². The Bertz CT molecular complexity index is 501. The van der Waals surface area contributed by atoms with Crippen LogP contribution >= 0.6 is 0 Å². The minimum absolute atomic E-state index is 0.0107.